The molecule has 0 bridgehead atoms. The molecule has 0 saturated heterocycles. The summed E-state index contributed by atoms with van der Waals surface area (Å²) in [6, 6.07) is 10.5. The first-order valence-corrected chi connectivity index (χ1v) is 10.8. The monoisotopic (exact) mass is 457 g/mol. The van der Waals surface area contributed by atoms with Crippen molar-refractivity contribution in [1.29, 1.82) is 0 Å². The SMILES string of the molecule is Cc1ccccc1-n1c(-c2cc(S(=O)(=O)N(C)Cc3ccon3)c(O)cc2O)n[nH]c1=O. The van der Waals surface area contributed by atoms with Crippen molar-refractivity contribution >= 4 is 10.0 Å². The highest BCUT2D eigenvalue weighted by atomic mass is 32.2. The number of aromatic hydroxyl groups is 2. The van der Waals surface area contributed by atoms with Crippen molar-refractivity contribution in [3.05, 3.63) is 70.5 Å². The Morgan fingerprint density at radius 2 is 1.91 bits per heavy atom. The van der Waals surface area contributed by atoms with Gasteiger partial charge < -0.3 is 14.7 Å². The lowest BCUT2D eigenvalue weighted by Crippen LogP contribution is -2.26. The van der Waals surface area contributed by atoms with Crippen LogP contribution in [0.1, 0.15) is 11.3 Å². The number of H-pyrrole nitrogens is 1. The van der Waals surface area contributed by atoms with Crippen LogP contribution < -0.4 is 5.69 Å². The van der Waals surface area contributed by atoms with E-state index in [1.807, 2.05) is 0 Å². The number of aromatic amines is 1. The Morgan fingerprint density at radius 1 is 1.16 bits per heavy atom. The minimum absolute atomic E-state index is 0.0163. The summed E-state index contributed by atoms with van der Waals surface area (Å²) in [7, 11) is -2.89. The van der Waals surface area contributed by atoms with Crippen LogP contribution in [0.4, 0.5) is 0 Å². The van der Waals surface area contributed by atoms with Crippen molar-refractivity contribution in [3.8, 4) is 28.6 Å². The quantitative estimate of drug-likeness (QED) is 0.396. The molecule has 0 saturated carbocycles. The number of aryl methyl sites for hydroxylation is 1. The summed E-state index contributed by atoms with van der Waals surface area (Å²) in [5, 5.41) is 30.8. The molecule has 32 heavy (non-hydrogen) atoms. The van der Waals surface area contributed by atoms with Crippen molar-refractivity contribution in [3.63, 3.8) is 0 Å². The molecule has 4 aromatic rings. The fourth-order valence-corrected chi connectivity index (χ4v) is 4.49. The van der Waals surface area contributed by atoms with Crippen LogP contribution in [0, 0.1) is 6.92 Å². The molecule has 12 heteroatoms. The normalized spacial score (nSPS) is 11.8. The summed E-state index contributed by atoms with van der Waals surface area (Å²) < 4.78 is 33.1. The van der Waals surface area contributed by atoms with E-state index >= 15 is 0 Å². The molecule has 11 nitrogen and oxygen atoms in total. The Kier molecular flexibility index (Phi) is 5.32. The summed E-state index contributed by atoms with van der Waals surface area (Å²) in [6.45, 7) is 1.69. The van der Waals surface area contributed by atoms with Crippen molar-refractivity contribution in [2.24, 2.45) is 0 Å². The first-order valence-electron chi connectivity index (χ1n) is 9.35. The van der Waals surface area contributed by atoms with E-state index in [1.54, 1.807) is 31.2 Å². The van der Waals surface area contributed by atoms with Gasteiger partial charge in [0, 0.05) is 19.2 Å². The van der Waals surface area contributed by atoms with Crippen LogP contribution in [0.25, 0.3) is 17.1 Å². The maximum Gasteiger partial charge on any atom is 0.348 e. The molecule has 2 aromatic heterocycles. The number of nitrogens with zero attached hydrogens (tertiary/aromatic N) is 4. The summed E-state index contributed by atoms with van der Waals surface area (Å²) in [5.41, 5.74) is 0.999. The zero-order valence-corrected chi connectivity index (χ0v) is 17.9. The molecule has 0 fully saturated rings. The zero-order valence-electron chi connectivity index (χ0n) is 17.1. The summed E-state index contributed by atoms with van der Waals surface area (Å²) >= 11 is 0. The lowest BCUT2D eigenvalue weighted by molar-refractivity contribution is 0.392. The highest BCUT2D eigenvalue weighted by molar-refractivity contribution is 7.89. The Morgan fingerprint density at radius 3 is 2.59 bits per heavy atom. The molecule has 3 N–H and O–H groups in total. The Bertz CT molecular complexity index is 1440. The fraction of sp³-hybridized carbons (Fsp3) is 0.150. The fourth-order valence-electron chi connectivity index (χ4n) is 3.26. The van der Waals surface area contributed by atoms with Crippen LogP contribution in [0.2, 0.25) is 0 Å². The number of hydrogen-bond acceptors (Lipinski definition) is 8. The second-order valence-electron chi connectivity index (χ2n) is 7.06. The first-order chi connectivity index (χ1) is 15.2. The highest BCUT2D eigenvalue weighted by Gasteiger charge is 2.28. The van der Waals surface area contributed by atoms with Gasteiger partial charge in [-0.2, -0.15) is 9.40 Å². The van der Waals surface area contributed by atoms with Crippen LogP contribution >= 0.6 is 0 Å². The van der Waals surface area contributed by atoms with Crippen molar-refractivity contribution in [2.45, 2.75) is 18.4 Å². The Hall–Kier alpha value is -3.90. The number of sulfonamides is 1. The van der Waals surface area contributed by atoms with Gasteiger partial charge in [-0.25, -0.2) is 22.9 Å². The summed E-state index contributed by atoms with van der Waals surface area (Å²) in [6.07, 6.45) is 1.31. The second kappa shape index (κ2) is 7.98. The molecule has 0 aliphatic rings. The second-order valence-corrected chi connectivity index (χ2v) is 9.08. The van der Waals surface area contributed by atoms with Crippen molar-refractivity contribution in [2.75, 3.05) is 7.05 Å². The van der Waals surface area contributed by atoms with Crippen molar-refractivity contribution < 1.29 is 23.2 Å². The number of phenolic OH excluding ortho intramolecular Hbond substituents is 2. The molecule has 2 aromatic carbocycles. The van der Waals surface area contributed by atoms with E-state index in [0.29, 0.717) is 11.4 Å². The Labute approximate surface area is 182 Å². The third kappa shape index (κ3) is 3.65. The van der Waals surface area contributed by atoms with Gasteiger partial charge in [0.2, 0.25) is 10.0 Å². The standard InChI is InChI=1S/C20H19N5O6S/c1-12-5-3-4-6-15(12)25-19(21-22-20(25)28)14-9-18(17(27)10-16(14)26)32(29,30)24(2)11-13-7-8-31-23-13/h3-10,26-27H,11H2,1-2H3,(H,22,28). The molecule has 4 rings (SSSR count). The lowest BCUT2D eigenvalue weighted by Gasteiger charge is -2.18. The molecule has 0 atom stereocenters. The molecule has 0 spiro atoms. The molecular formula is C20H19N5O6S. The topological polar surface area (TPSA) is 155 Å². The maximum absolute atomic E-state index is 13.1. The average molecular weight is 457 g/mol. The van der Waals surface area contributed by atoms with Crippen LogP contribution in [-0.2, 0) is 16.6 Å². The van der Waals surface area contributed by atoms with Crippen LogP contribution in [0.15, 0.2) is 62.9 Å². The van der Waals surface area contributed by atoms with E-state index in [-0.39, 0.29) is 17.9 Å². The zero-order chi connectivity index (χ0) is 23.0. The van der Waals surface area contributed by atoms with Gasteiger partial charge in [0.05, 0.1) is 23.5 Å². The molecule has 2 heterocycles. The summed E-state index contributed by atoms with van der Waals surface area (Å²) in [5.74, 6) is -1.12. The predicted molar refractivity (Wildman–Crippen MR) is 113 cm³/mol. The minimum Gasteiger partial charge on any atom is -0.507 e. The smallest absolute Gasteiger partial charge is 0.348 e. The third-order valence-corrected chi connectivity index (χ3v) is 6.74. The molecular weight excluding hydrogens is 438 g/mol. The van der Waals surface area contributed by atoms with Crippen LogP contribution in [0.5, 0.6) is 11.5 Å². The van der Waals surface area contributed by atoms with Gasteiger partial charge in [-0.1, -0.05) is 23.4 Å². The van der Waals surface area contributed by atoms with Crippen LogP contribution in [0.3, 0.4) is 0 Å². The summed E-state index contributed by atoms with van der Waals surface area (Å²) in [4.78, 5) is 12.0. The van der Waals surface area contributed by atoms with Gasteiger partial charge in [0.1, 0.15) is 22.7 Å². The van der Waals surface area contributed by atoms with E-state index in [1.165, 1.54) is 23.9 Å². The number of para-hydroxylation sites is 1. The maximum atomic E-state index is 13.1. The van der Waals surface area contributed by atoms with Crippen molar-refractivity contribution in [1.82, 2.24) is 24.2 Å². The number of phenols is 2. The number of hydrogen-bond donors (Lipinski definition) is 3. The number of benzene rings is 2. The van der Waals surface area contributed by atoms with Gasteiger partial charge in [-0.15, -0.1) is 0 Å². The highest BCUT2D eigenvalue weighted by Crippen LogP contribution is 2.37. The van der Waals surface area contributed by atoms with Gasteiger partial charge in [0.15, 0.2) is 5.82 Å². The van der Waals surface area contributed by atoms with Gasteiger partial charge in [-0.3, -0.25) is 0 Å². The van der Waals surface area contributed by atoms with Gasteiger partial charge in [-0.05, 0) is 24.6 Å². The van der Waals surface area contributed by atoms with Crippen LogP contribution in [-0.4, -0.2) is 49.9 Å². The van der Waals surface area contributed by atoms with Gasteiger partial charge in [0.25, 0.3) is 0 Å². The molecule has 0 aliphatic carbocycles. The van der Waals surface area contributed by atoms with E-state index in [4.69, 9.17) is 4.52 Å². The Balaban J connectivity index is 1.85. The molecule has 0 amide bonds. The van der Waals surface area contributed by atoms with E-state index < -0.39 is 32.1 Å². The number of nitrogens with one attached hydrogen (secondary N) is 1. The van der Waals surface area contributed by atoms with E-state index in [2.05, 4.69) is 15.4 Å². The molecule has 166 valence electrons. The van der Waals surface area contributed by atoms with Gasteiger partial charge >= 0.3 is 5.69 Å². The minimum atomic E-state index is -4.21. The molecule has 0 unspecified atom stereocenters. The average Bonchev–Trinajstić information content (AvgIpc) is 3.38. The molecule has 0 aliphatic heterocycles. The van der Waals surface area contributed by atoms with E-state index in [9.17, 15) is 23.4 Å². The first kappa shape index (κ1) is 21.3. The van der Waals surface area contributed by atoms with E-state index in [0.717, 1.165) is 22.0 Å². The number of aromatic nitrogens is 4. The number of rotatable bonds is 6. The largest absolute Gasteiger partial charge is 0.507 e. The lowest BCUT2D eigenvalue weighted by atomic mass is 10.1. The predicted octanol–water partition coefficient (Wildman–Crippen LogP) is 1.76. The molecule has 0 radical (unpaired) electrons. The third-order valence-electron chi connectivity index (χ3n) is 4.91.